The second-order valence-corrected chi connectivity index (χ2v) is 4.54. The fraction of sp³-hybridized carbons (Fsp3) is 0.333. The highest BCUT2D eigenvalue weighted by molar-refractivity contribution is 5.65. The van der Waals surface area contributed by atoms with Crippen molar-refractivity contribution in [1.29, 1.82) is 0 Å². The van der Waals surface area contributed by atoms with Crippen LogP contribution < -0.4 is 15.4 Å². The van der Waals surface area contributed by atoms with Crippen molar-refractivity contribution in [3.8, 4) is 5.75 Å². The molecule has 0 aliphatic rings. The molecule has 0 fully saturated rings. The van der Waals surface area contributed by atoms with Crippen molar-refractivity contribution in [1.82, 2.24) is 9.97 Å². The number of nitrogens with zero attached hydrogens (tertiary/aromatic N) is 2. The first-order valence-electron chi connectivity index (χ1n) is 6.62. The lowest BCUT2D eigenvalue weighted by atomic mass is 10.2. The molecule has 1 aromatic heterocycles. The van der Waals surface area contributed by atoms with Gasteiger partial charge in [-0.25, -0.2) is 9.97 Å². The quantitative estimate of drug-likeness (QED) is 0.874. The van der Waals surface area contributed by atoms with Crippen LogP contribution >= 0.6 is 0 Å². The van der Waals surface area contributed by atoms with Gasteiger partial charge in [0.15, 0.2) is 0 Å². The van der Waals surface area contributed by atoms with E-state index in [1.165, 1.54) is 0 Å². The molecule has 0 saturated carbocycles. The van der Waals surface area contributed by atoms with Crippen LogP contribution in [0.4, 0.5) is 17.3 Å². The molecule has 0 aliphatic carbocycles. The minimum absolute atomic E-state index is 0.806. The number of hydrogen-bond acceptors (Lipinski definition) is 5. The van der Waals surface area contributed by atoms with Crippen LogP contribution in [0, 0.1) is 13.8 Å². The van der Waals surface area contributed by atoms with Crippen LogP contribution in [0.3, 0.4) is 0 Å². The van der Waals surface area contributed by atoms with Crippen molar-refractivity contribution in [3.05, 3.63) is 35.7 Å². The molecule has 2 rings (SSSR count). The van der Waals surface area contributed by atoms with Gasteiger partial charge in [-0.1, -0.05) is 0 Å². The average Bonchev–Trinajstić information content (AvgIpc) is 2.44. The van der Waals surface area contributed by atoms with Crippen LogP contribution in [0.2, 0.25) is 0 Å². The summed E-state index contributed by atoms with van der Waals surface area (Å²) < 4.78 is 5.26. The minimum Gasteiger partial charge on any atom is -0.496 e. The summed E-state index contributed by atoms with van der Waals surface area (Å²) in [6.45, 7) is 6.89. The van der Waals surface area contributed by atoms with Gasteiger partial charge in [-0.05, 0) is 44.5 Å². The molecular weight excluding hydrogens is 252 g/mol. The topological polar surface area (TPSA) is 59.1 Å². The molecule has 20 heavy (non-hydrogen) atoms. The molecule has 0 atom stereocenters. The molecule has 0 aliphatic heterocycles. The van der Waals surface area contributed by atoms with Gasteiger partial charge in [0, 0.05) is 17.8 Å². The molecule has 0 amide bonds. The van der Waals surface area contributed by atoms with Crippen LogP contribution in [0.25, 0.3) is 0 Å². The molecular formula is C15H20N4O. The van der Waals surface area contributed by atoms with Gasteiger partial charge in [-0.3, -0.25) is 0 Å². The highest BCUT2D eigenvalue weighted by Crippen LogP contribution is 2.26. The van der Waals surface area contributed by atoms with E-state index in [1.54, 1.807) is 13.4 Å². The summed E-state index contributed by atoms with van der Waals surface area (Å²) in [4.78, 5) is 8.53. The molecule has 0 radical (unpaired) electrons. The molecule has 5 nitrogen and oxygen atoms in total. The van der Waals surface area contributed by atoms with E-state index in [1.807, 2.05) is 39.0 Å². The third-order valence-electron chi connectivity index (χ3n) is 3.09. The molecule has 2 N–H and O–H groups in total. The van der Waals surface area contributed by atoms with Crippen LogP contribution in [0.15, 0.2) is 24.5 Å². The van der Waals surface area contributed by atoms with Gasteiger partial charge in [0.05, 0.1) is 7.11 Å². The number of anilines is 3. The van der Waals surface area contributed by atoms with Crippen LogP contribution in [-0.2, 0) is 0 Å². The van der Waals surface area contributed by atoms with Crippen LogP contribution in [0.1, 0.15) is 18.1 Å². The smallest absolute Gasteiger partial charge is 0.138 e. The third kappa shape index (κ3) is 2.99. The van der Waals surface area contributed by atoms with Gasteiger partial charge in [0.1, 0.15) is 23.7 Å². The Hall–Kier alpha value is -2.30. The van der Waals surface area contributed by atoms with E-state index in [0.717, 1.165) is 40.7 Å². The number of nitrogens with one attached hydrogen (secondary N) is 2. The minimum atomic E-state index is 0.806. The Morgan fingerprint density at radius 3 is 2.55 bits per heavy atom. The number of hydrogen-bond donors (Lipinski definition) is 2. The van der Waals surface area contributed by atoms with Crippen molar-refractivity contribution in [2.45, 2.75) is 20.8 Å². The van der Waals surface area contributed by atoms with Gasteiger partial charge in [-0.15, -0.1) is 0 Å². The molecule has 5 heteroatoms. The number of aromatic nitrogens is 2. The Balaban J connectivity index is 2.26. The Kier molecular flexibility index (Phi) is 4.40. The summed E-state index contributed by atoms with van der Waals surface area (Å²) in [6.07, 6.45) is 1.56. The standard InChI is InChI=1S/C15H20N4O/c1-5-16-14-11(3)15(18-9-17-14)19-12-6-7-13(20-4)10(2)8-12/h6-9H,5H2,1-4H3,(H2,16,17,18,19). The zero-order valence-electron chi connectivity index (χ0n) is 12.3. The fourth-order valence-corrected chi connectivity index (χ4v) is 2.01. The number of ether oxygens (including phenoxy) is 1. The van der Waals surface area contributed by atoms with E-state index < -0.39 is 0 Å². The predicted molar refractivity (Wildman–Crippen MR) is 81.9 cm³/mol. The van der Waals surface area contributed by atoms with E-state index in [4.69, 9.17) is 4.74 Å². The SMILES string of the molecule is CCNc1ncnc(Nc2ccc(OC)c(C)c2)c1C. The highest BCUT2D eigenvalue weighted by Gasteiger charge is 2.07. The molecule has 106 valence electrons. The monoisotopic (exact) mass is 272 g/mol. The van der Waals surface area contributed by atoms with Crippen LogP contribution in [-0.4, -0.2) is 23.6 Å². The molecule has 0 saturated heterocycles. The summed E-state index contributed by atoms with van der Waals surface area (Å²) in [6, 6.07) is 5.95. The molecule has 1 aromatic carbocycles. The maximum Gasteiger partial charge on any atom is 0.138 e. The first-order chi connectivity index (χ1) is 9.65. The van der Waals surface area contributed by atoms with Crippen molar-refractivity contribution >= 4 is 17.3 Å². The van der Waals surface area contributed by atoms with E-state index in [2.05, 4.69) is 20.6 Å². The first kappa shape index (κ1) is 14.1. The normalized spacial score (nSPS) is 10.2. The largest absolute Gasteiger partial charge is 0.496 e. The molecule has 0 unspecified atom stereocenters. The summed E-state index contributed by atoms with van der Waals surface area (Å²) >= 11 is 0. The molecule has 0 spiro atoms. The maximum absolute atomic E-state index is 5.26. The molecule has 1 heterocycles. The van der Waals surface area contributed by atoms with E-state index in [0.29, 0.717) is 0 Å². The summed E-state index contributed by atoms with van der Waals surface area (Å²) in [7, 11) is 1.67. The second-order valence-electron chi connectivity index (χ2n) is 4.54. The molecule has 2 aromatic rings. The summed E-state index contributed by atoms with van der Waals surface area (Å²) in [5.74, 6) is 2.54. The fourth-order valence-electron chi connectivity index (χ4n) is 2.01. The van der Waals surface area contributed by atoms with Crippen LogP contribution in [0.5, 0.6) is 5.75 Å². The Labute approximate surface area is 119 Å². The van der Waals surface area contributed by atoms with Gasteiger partial charge < -0.3 is 15.4 Å². The zero-order valence-corrected chi connectivity index (χ0v) is 12.3. The maximum atomic E-state index is 5.26. The molecule has 0 bridgehead atoms. The Bertz CT molecular complexity index is 598. The van der Waals surface area contributed by atoms with Crippen molar-refractivity contribution in [3.63, 3.8) is 0 Å². The van der Waals surface area contributed by atoms with Gasteiger partial charge >= 0.3 is 0 Å². The Morgan fingerprint density at radius 2 is 1.90 bits per heavy atom. The average molecular weight is 272 g/mol. The van der Waals surface area contributed by atoms with Crippen molar-refractivity contribution < 1.29 is 4.74 Å². The number of methoxy groups -OCH3 is 1. The number of rotatable bonds is 5. The van der Waals surface area contributed by atoms with Gasteiger partial charge in [-0.2, -0.15) is 0 Å². The number of benzene rings is 1. The Morgan fingerprint density at radius 1 is 1.15 bits per heavy atom. The summed E-state index contributed by atoms with van der Waals surface area (Å²) in [5.41, 5.74) is 3.06. The second kappa shape index (κ2) is 6.23. The predicted octanol–water partition coefficient (Wildman–Crippen LogP) is 3.28. The van der Waals surface area contributed by atoms with Gasteiger partial charge in [0.2, 0.25) is 0 Å². The first-order valence-corrected chi connectivity index (χ1v) is 6.62. The zero-order chi connectivity index (χ0) is 14.5. The lowest BCUT2D eigenvalue weighted by molar-refractivity contribution is 0.412. The lowest BCUT2D eigenvalue weighted by Crippen LogP contribution is -2.05. The van der Waals surface area contributed by atoms with Crippen molar-refractivity contribution in [2.75, 3.05) is 24.3 Å². The van der Waals surface area contributed by atoms with E-state index >= 15 is 0 Å². The lowest BCUT2D eigenvalue weighted by Gasteiger charge is -2.13. The van der Waals surface area contributed by atoms with Crippen molar-refractivity contribution in [2.24, 2.45) is 0 Å². The van der Waals surface area contributed by atoms with Gasteiger partial charge in [0.25, 0.3) is 0 Å². The highest BCUT2D eigenvalue weighted by atomic mass is 16.5. The summed E-state index contributed by atoms with van der Waals surface area (Å²) in [5, 5.41) is 6.54. The van der Waals surface area contributed by atoms with E-state index in [9.17, 15) is 0 Å². The number of aryl methyl sites for hydroxylation is 1. The van der Waals surface area contributed by atoms with E-state index in [-0.39, 0.29) is 0 Å². The third-order valence-corrected chi connectivity index (χ3v) is 3.09.